The first-order valence-electron chi connectivity index (χ1n) is 4.71. The number of hydrogen-bond donors (Lipinski definition) is 0. The van der Waals surface area contributed by atoms with Crippen LogP contribution in [0.5, 0.6) is 5.75 Å². The minimum absolute atomic E-state index is 0. The van der Waals surface area contributed by atoms with Gasteiger partial charge in [-0.1, -0.05) is 0 Å². The molecule has 0 spiro atoms. The van der Waals surface area contributed by atoms with Crippen LogP contribution in [-0.4, -0.2) is 24.1 Å². The first-order chi connectivity index (χ1) is 6.77. The van der Waals surface area contributed by atoms with E-state index >= 15 is 0 Å². The predicted octanol–water partition coefficient (Wildman–Crippen LogP) is -0.669. The Labute approximate surface area is 103 Å². The van der Waals surface area contributed by atoms with E-state index in [1.165, 1.54) is 0 Å². The number of rotatable bonds is 3. The van der Waals surface area contributed by atoms with Crippen molar-refractivity contribution in [3.05, 3.63) is 30.3 Å². The van der Waals surface area contributed by atoms with Crippen LogP contribution in [0.15, 0.2) is 24.3 Å². The number of carbonyl (C=O) groups excluding carboxylic acids is 1. The van der Waals surface area contributed by atoms with E-state index in [9.17, 15) is 4.79 Å². The van der Waals surface area contributed by atoms with Gasteiger partial charge < -0.3 is 9.64 Å². The third kappa shape index (κ3) is 4.42. The molecular weight excluding hydrogens is 185 g/mol. The molecule has 3 nitrogen and oxygen atoms in total. The molecule has 0 aliphatic heterocycles. The van der Waals surface area contributed by atoms with Crippen LogP contribution in [0, 0.1) is 6.07 Å². The van der Waals surface area contributed by atoms with E-state index in [0.717, 1.165) is 0 Å². The van der Waals surface area contributed by atoms with Crippen molar-refractivity contribution in [3.8, 4) is 5.75 Å². The maximum absolute atomic E-state index is 11.5. The molecule has 1 amide bonds. The Morgan fingerprint density at radius 3 is 2.53 bits per heavy atom. The number of ether oxygens (including phenoxy) is 1. The Bertz CT molecular complexity index is 286. The molecule has 15 heavy (non-hydrogen) atoms. The average Bonchev–Trinajstić information content (AvgIpc) is 2.21. The number of amides is 1. The summed E-state index contributed by atoms with van der Waals surface area (Å²) in [7, 11) is 0. The summed E-state index contributed by atoms with van der Waals surface area (Å²) in [4.78, 5) is 13.1. The first kappa shape index (κ1) is 14.1. The zero-order chi connectivity index (χ0) is 10.4. The van der Waals surface area contributed by atoms with Crippen molar-refractivity contribution < 1.29 is 28.4 Å². The van der Waals surface area contributed by atoms with Crippen molar-refractivity contribution >= 4 is 6.09 Å². The molecule has 1 aromatic carbocycles. The first-order valence-corrected chi connectivity index (χ1v) is 4.71. The standard InChI is InChI=1S/C11H14NO2.Li/c1-3-12(4-2)11(13)14-10-8-6-5-7-9-10;/h5-8H,3-4H2,1-2H3;/q-1;+1. The van der Waals surface area contributed by atoms with Crippen LogP contribution in [0.4, 0.5) is 4.79 Å². The number of hydrogen-bond acceptors (Lipinski definition) is 2. The average molecular weight is 199 g/mol. The number of benzene rings is 1. The Morgan fingerprint density at radius 2 is 2.07 bits per heavy atom. The van der Waals surface area contributed by atoms with Gasteiger partial charge >= 0.3 is 25.0 Å². The van der Waals surface area contributed by atoms with Crippen molar-refractivity contribution in [2.75, 3.05) is 13.1 Å². The largest absolute Gasteiger partial charge is 1.00 e. The van der Waals surface area contributed by atoms with E-state index in [2.05, 4.69) is 6.07 Å². The summed E-state index contributed by atoms with van der Waals surface area (Å²) in [5, 5.41) is 0. The van der Waals surface area contributed by atoms with Gasteiger partial charge in [0.15, 0.2) is 0 Å². The molecule has 76 valence electrons. The van der Waals surface area contributed by atoms with Gasteiger partial charge in [-0.3, -0.25) is 0 Å². The van der Waals surface area contributed by atoms with E-state index in [1.807, 2.05) is 19.9 Å². The van der Waals surface area contributed by atoms with Crippen molar-refractivity contribution in [2.24, 2.45) is 0 Å². The third-order valence-electron chi connectivity index (χ3n) is 1.90. The van der Waals surface area contributed by atoms with Crippen LogP contribution in [0.3, 0.4) is 0 Å². The summed E-state index contributed by atoms with van der Waals surface area (Å²) in [6, 6.07) is 9.89. The van der Waals surface area contributed by atoms with Crippen LogP contribution < -0.4 is 23.6 Å². The molecule has 4 heteroatoms. The number of carbonyl (C=O) groups is 1. The molecule has 0 bridgehead atoms. The number of para-hydroxylation sites is 1. The third-order valence-corrected chi connectivity index (χ3v) is 1.90. The van der Waals surface area contributed by atoms with E-state index < -0.39 is 0 Å². The molecule has 0 saturated heterocycles. The van der Waals surface area contributed by atoms with E-state index in [1.54, 1.807) is 23.1 Å². The van der Waals surface area contributed by atoms with Gasteiger partial charge in [0.05, 0.1) is 0 Å². The van der Waals surface area contributed by atoms with Crippen LogP contribution in [0.1, 0.15) is 13.8 Å². The van der Waals surface area contributed by atoms with Crippen LogP contribution in [0.25, 0.3) is 0 Å². The molecule has 0 aliphatic rings. The Hall–Kier alpha value is -0.913. The van der Waals surface area contributed by atoms with E-state index in [0.29, 0.717) is 18.8 Å². The fourth-order valence-corrected chi connectivity index (χ4v) is 1.08. The topological polar surface area (TPSA) is 29.5 Å². The Balaban J connectivity index is 0.00000196. The fraction of sp³-hybridized carbons (Fsp3) is 0.364. The smallest absolute Gasteiger partial charge is 0.437 e. The zero-order valence-corrected chi connectivity index (χ0v) is 9.49. The molecule has 0 atom stereocenters. The molecule has 0 radical (unpaired) electrons. The Morgan fingerprint density at radius 1 is 1.40 bits per heavy atom. The van der Waals surface area contributed by atoms with Crippen LogP contribution in [-0.2, 0) is 0 Å². The molecule has 0 fully saturated rings. The van der Waals surface area contributed by atoms with E-state index in [-0.39, 0.29) is 25.0 Å². The molecule has 0 aromatic heterocycles. The second kappa shape index (κ2) is 7.39. The van der Waals surface area contributed by atoms with Gasteiger partial charge in [-0.05, 0) is 13.8 Å². The normalized spacial score (nSPS) is 8.93. The van der Waals surface area contributed by atoms with Crippen molar-refractivity contribution in [2.45, 2.75) is 13.8 Å². The van der Waals surface area contributed by atoms with Gasteiger partial charge in [0, 0.05) is 18.8 Å². The predicted molar refractivity (Wildman–Crippen MR) is 54.2 cm³/mol. The van der Waals surface area contributed by atoms with E-state index in [4.69, 9.17) is 4.74 Å². The van der Waals surface area contributed by atoms with Gasteiger partial charge in [0.25, 0.3) is 0 Å². The second-order valence-electron chi connectivity index (χ2n) is 2.77. The quantitative estimate of drug-likeness (QED) is 0.477. The number of nitrogens with zero attached hydrogens (tertiary/aromatic N) is 1. The summed E-state index contributed by atoms with van der Waals surface area (Å²) >= 11 is 0. The molecule has 1 rings (SSSR count). The maximum Gasteiger partial charge on any atom is 1.00 e. The zero-order valence-electron chi connectivity index (χ0n) is 9.49. The Kier molecular flexibility index (Phi) is 6.94. The van der Waals surface area contributed by atoms with Gasteiger partial charge in [-0.2, -0.15) is 18.2 Å². The molecule has 0 aliphatic carbocycles. The van der Waals surface area contributed by atoms with Gasteiger partial charge in [-0.25, -0.2) is 4.79 Å². The van der Waals surface area contributed by atoms with Crippen molar-refractivity contribution in [1.82, 2.24) is 4.90 Å². The molecule has 1 aromatic rings. The summed E-state index contributed by atoms with van der Waals surface area (Å²) in [5.41, 5.74) is 0. The molecule has 0 saturated carbocycles. The van der Waals surface area contributed by atoms with Crippen molar-refractivity contribution in [1.29, 1.82) is 0 Å². The molecule has 0 N–H and O–H groups in total. The van der Waals surface area contributed by atoms with Gasteiger partial charge in [0.1, 0.15) is 0 Å². The van der Waals surface area contributed by atoms with Gasteiger partial charge in [0.2, 0.25) is 0 Å². The maximum atomic E-state index is 11.5. The van der Waals surface area contributed by atoms with Crippen LogP contribution in [0.2, 0.25) is 0 Å². The minimum atomic E-state index is -0.322. The summed E-state index contributed by atoms with van der Waals surface area (Å²) in [6.45, 7) is 5.14. The van der Waals surface area contributed by atoms with Crippen LogP contribution >= 0.6 is 0 Å². The summed E-state index contributed by atoms with van der Waals surface area (Å²) in [5.74, 6) is 0.462. The minimum Gasteiger partial charge on any atom is -0.437 e. The summed E-state index contributed by atoms with van der Waals surface area (Å²) < 4.78 is 5.09. The second-order valence-corrected chi connectivity index (χ2v) is 2.77. The molecule has 0 unspecified atom stereocenters. The van der Waals surface area contributed by atoms with Crippen molar-refractivity contribution in [3.63, 3.8) is 0 Å². The molecule has 0 heterocycles. The fourth-order valence-electron chi connectivity index (χ4n) is 1.08. The monoisotopic (exact) mass is 199 g/mol. The van der Waals surface area contributed by atoms with Gasteiger partial charge in [-0.15, -0.1) is 12.1 Å². The molecular formula is C11H14LiNO2. The summed E-state index contributed by atoms with van der Waals surface area (Å²) in [6.07, 6.45) is -0.322. The SMILES string of the molecule is CCN(CC)C(=O)Oc1[c-]cccc1.[Li+].